The van der Waals surface area contributed by atoms with E-state index in [9.17, 15) is 4.39 Å². The van der Waals surface area contributed by atoms with Crippen LogP contribution >= 0.6 is 0 Å². The van der Waals surface area contributed by atoms with Crippen LogP contribution in [0.2, 0.25) is 0 Å². The highest BCUT2D eigenvalue weighted by atomic mass is 19.1. The van der Waals surface area contributed by atoms with E-state index in [1.54, 1.807) is 24.7 Å². The molecule has 2 N–H and O–H groups in total. The smallest absolute Gasteiger partial charge is 0.241 e. The number of hydrogen-bond donors (Lipinski definition) is 1. The summed E-state index contributed by atoms with van der Waals surface area (Å²) in [6.07, 6.45) is 0. The molecule has 0 radical (unpaired) electrons. The molecule has 0 saturated heterocycles. The lowest BCUT2D eigenvalue weighted by molar-refractivity contribution is 0.428. The molecular weight excluding hydrogens is 245 g/mol. The van der Waals surface area contributed by atoms with E-state index in [0.29, 0.717) is 22.9 Å². The Labute approximate surface area is 112 Å². The van der Waals surface area contributed by atoms with Crippen molar-refractivity contribution in [1.82, 2.24) is 9.78 Å². The topological polar surface area (TPSA) is 53.1 Å². The summed E-state index contributed by atoms with van der Waals surface area (Å²) < 4.78 is 20.4. The third kappa shape index (κ3) is 2.54. The zero-order chi connectivity index (χ0) is 14.2. The Morgan fingerprint density at radius 3 is 2.58 bits per heavy atom. The van der Waals surface area contributed by atoms with Crippen LogP contribution in [0.15, 0.2) is 18.2 Å². The van der Waals surface area contributed by atoms with Crippen LogP contribution in [0.1, 0.15) is 31.0 Å². The molecule has 4 nitrogen and oxygen atoms in total. The molecule has 19 heavy (non-hydrogen) atoms. The van der Waals surface area contributed by atoms with Gasteiger partial charge in [0, 0.05) is 7.05 Å². The Kier molecular flexibility index (Phi) is 3.46. The molecule has 1 aromatic carbocycles. The Morgan fingerprint density at radius 2 is 2.05 bits per heavy atom. The van der Waals surface area contributed by atoms with E-state index in [4.69, 9.17) is 10.5 Å². The second-order valence-corrected chi connectivity index (χ2v) is 4.89. The molecule has 0 amide bonds. The van der Waals surface area contributed by atoms with Gasteiger partial charge in [-0.15, -0.1) is 0 Å². The molecule has 2 aromatic rings. The average Bonchev–Trinajstić information content (AvgIpc) is 2.60. The zero-order valence-electron chi connectivity index (χ0n) is 11.6. The van der Waals surface area contributed by atoms with E-state index >= 15 is 0 Å². The molecule has 0 aliphatic rings. The predicted molar refractivity (Wildman–Crippen MR) is 72.9 cm³/mol. The maximum atomic E-state index is 13.1. The molecule has 5 heteroatoms. The molecule has 0 unspecified atom stereocenters. The van der Waals surface area contributed by atoms with Crippen molar-refractivity contribution in [2.75, 3.05) is 5.73 Å². The Bertz CT molecular complexity index is 605. The number of aryl methyl sites for hydroxylation is 2. The van der Waals surface area contributed by atoms with Crippen LogP contribution in [-0.2, 0) is 7.05 Å². The maximum Gasteiger partial charge on any atom is 0.241 e. The summed E-state index contributed by atoms with van der Waals surface area (Å²) in [4.78, 5) is 0. The van der Waals surface area contributed by atoms with E-state index in [0.717, 1.165) is 5.69 Å². The largest absolute Gasteiger partial charge is 0.437 e. The zero-order valence-corrected chi connectivity index (χ0v) is 11.6. The summed E-state index contributed by atoms with van der Waals surface area (Å²) >= 11 is 0. The first-order valence-corrected chi connectivity index (χ1v) is 6.16. The number of hydrogen-bond acceptors (Lipinski definition) is 3. The van der Waals surface area contributed by atoms with Crippen molar-refractivity contribution in [3.63, 3.8) is 0 Å². The molecule has 0 saturated carbocycles. The van der Waals surface area contributed by atoms with Gasteiger partial charge in [-0.1, -0.05) is 13.8 Å². The summed E-state index contributed by atoms with van der Waals surface area (Å²) in [7, 11) is 1.77. The Hall–Kier alpha value is -2.04. The third-order valence-corrected chi connectivity index (χ3v) is 2.95. The second kappa shape index (κ2) is 4.91. The van der Waals surface area contributed by atoms with Gasteiger partial charge in [0.2, 0.25) is 5.88 Å². The van der Waals surface area contributed by atoms with Gasteiger partial charge >= 0.3 is 0 Å². The number of ether oxygens (including phenoxy) is 1. The van der Waals surface area contributed by atoms with E-state index in [1.165, 1.54) is 12.1 Å². The van der Waals surface area contributed by atoms with Crippen molar-refractivity contribution in [2.45, 2.75) is 26.7 Å². The number of halogens is 1. The molecule has 1 heterocycles. The van der Waals surface area contributed by atoms with Gasteiger partial charge in [-0.05, 0) is 36.6 Å². The number of nitrogen functional groups attached to an aromatic ring is 1. The van der Waals surface area contributed by atoms with Crippen molar-refractivity contribution in [1.29, 1.82) is 0 Å². The maximum absolute atomic E-state index is 13.1. The highest BCUT2D eigenvalue weighted by Crippen LogP contribution is 2.34. The number of nitrogens with zero attached hydrogens (tertiary/aromatic N) is 2. The molecule has 102 valence electrons. The Balaban J connectivity index is 2.38. The van der Waals surface area contributed by atoms with E-state index in [-0.39, 0.29) is 11.7 Å². The van der Waals surface area contributed by atoms with Crippen LogP contribution in [-0.4, -0.2) is 9.78 Å². The molecule has 1 aromatic heterocycles. The monoisotopic (exact) mass is 263 g/mol. The molecule has 2 rings (SSSR count). The van der Waals surface area contributed by atoms with Crippen LogP contribution in [0.5, 0.6) is 11.6 Å². The van der Waals surface area contributed by atoms with Gasteiger partial charge in [-0.3, -0.25) is 0 Å². The number of nitrogens with two attached hydrogens (primary N) is 1. The van der Waals surface area contributed by atoms with E-state index in [2.05, 4.69) is 5.10 Å². The minimum atomic E-state index is -0.286. The van der Waals surface area contributed by atoms with E-state index in [1.807, 2.05) is 13.8 Å². The lowest BCUT2D eigenvalue weighted by Gasteiger charge is -2.09. The molecule has 0 fully saturated rings. The highest BCUT2D eigenvalue weighted by molar-refractivity contribution is 5.56. The Morgan fingerprint density at radius 1 is 1.37 bits per heavy atom. The summed E-state index contributed by atoms with van der Waals surface area (Å²) in [5.74, 6) is 0.994. The first-order valence-electron chi connectivity index (χ1n) is 6.16. The average molecular weight is 263 g/mol. The van der Waals surface area contributed by atoms with Crippen molar-refractivity contribution >= 4 is 5.69 Å². The number of aromatic nitrogens is 2. The first kappa shape index (κ1) is 13.4. The van der Waals surface area contributed by atoms with Crippen molar-refractivity contribution in [3.05, 3.63) is 35.3 Å². The van der Waals surface area contributed by atoms with Crippen LogP contribution in [0.25, 0.3) is 0 Å². The van der Waals surface area contributed by atoms with Crippen LogP contribution in [0.4, 0.5) is 10.1 Å². The fourth-order valence-electron chi connectivity index (χ4n) is 1.92. The van der Waals surface area contributed by atoms with Crippen molar-refractivity contribution < 1.29 is 9.13 Å². The van der Waals surface area contributed by atoms with Gasteiger partial charge in [0.25, 0.3) is 0 Å². The van der Waals surface area contributed by atoms with Crippen molar-refractivity contribution in [3.8, 4) is 11.6 Å². The summed E-state index contributed by atoms with van der Waals surface area (Å²) in [5.41, 5.74) is 8.10. The molecular formula is C14H18FN3O. The van der Waals surface area contributed by atoms with Gasteiger partial charge in [0.05, 0.1) is 5.69 Å². The van der Waals surface area contributed by atoms with Gasteiger partial charge in [0.1, 0.15) is 17.3 Å². The number of rotatable bonds is 3. The SMILES string of the molecule is Cc1cc(F)ccc1Oc1c(N)c(C(C)C)nn1C. The van der Waals surface area contributed by atoms with Crippen LogP contribution < -0.4 is 10.5 Å². The van der Waals surface area contributed by atoms with Crippen LogP contribution in [0, 0.1) is 12.7 Å². The minimum Gasteiger partial charge on any atom is -0.437 e. The van der Waals surface area contributed by atoms with Gasteiger partial charge in [-0.25, -0.2) is 9.07 Å². The lowest BCUT2D eigenvalue weighted by Crippen LogP contribution is -1.98. The second-order valence-electron chi connectivity index (χ2n) is 4.89. The van der Waals surface area contributed by atoms with Gasteiger partial charge < -0.3 is 10.5 Å². The fourth-order valence-corrected chi connectivity index (χ4v) is 1.92. The van der Waals surface area contributed by atoms with Crippen molar-refractivity contribution in [2.24, 2.45) is 7.05 Å². The molecule has 0 aliphatic heterocycles. The normalized spacial score (nSPS) is 11.1. The standard InChI is InChI=1S/C14H18FN3O/c1-8(2)13-12(16)14(18(4)17-13)19-11-6-5-10(15)7-9(11)3/h5-8H,16H2,1-4H3. The lowest BCUT2D eigenvalue weighted by atomic mass is 10.1. The molecule has 0 spiro atoms. The number of benzene rings is 1. The molecule has 0 bridgehead atoms. The predicted octanol–water partition coefficient (Wildman–Crippen LogP) is 3.37. The van der Waals surface area contributed by atoms with Gasteiger partial charge in [-0.2, -0.15) is 5.10 Å². The highest BCUT2D eigenvalue weighted by Gasteiger charge is 2.18. The molecule has 0 atom stereocenters. The number of anilines is 1. The summed E-state index contributed by atoms with van der Waals surface area (Å²) in [6.45, 7) is 5.82. The molecule has 0 aliphatic carbocycles. The summed E-state index contributed by atoms with van der Waals surface area (Å²) in [5, 5.41) is 4.35. The van der Waals surface area contributed by atoms with Crippen LogP contribution in [0.3, 0.4) is 0 Å². The third-order valence-electron chi connectivity index (χ3n) is 2.95. The first-order chi connectivity index (χ1) is 8.90. The van der Waals surface area contributed by atoms with E-state index < -0.39 is 0 Å². The fraction of sp³-hybridized carbons (Fsp3) is 0.357. The minimum absolute atomic E-state index is 0.220. The summed E-state index contributed by atoms with van der Waals surface area (Å²) in [6, 6.07) is 4.37. The quantitative estimate of drug-likeness (QED) is 0.923. The van der Waals surface area contributed by atoms with Gasteiger partial charge in [0.15, 0.2) is 0 Å².